The molecule has 3 aromatic carbocycles. The summed E-state index contributed by atoms with van der Waals surface area (Å²) in [6, 6.07) is 27.2. The first-order chi connectivity index (χ1) is 14.3. The van der Waals surface area contributed by atoms with E-state index in [-0.39, 0.29) is 0 Å². The summed E-state index contributed by atoms with van der Waals surface area (Å²) in [5.74, 6) is 0.725. The molecular weight excluding hydrogens is 356 g/mol. The molecular formula is C25H26N4. The van der Waals surface area contributed by atoms with Gasteiger partial charge < -0.3 is 9.47 Å². The van der Waals surface area contributed by atoms with Crippen molar-refractivity contribution in [3.63, 3.8) is 0 Å². The number of hydrogen-bond acceptors (Lipinski definition) is 3. The molecule has 4 aromatic rings. The summed E-state index contributed by atoms with van der Waals surface area (Å²) in [7, 11) is 0. The predicted molar refractivity (Wildman–Crippen MR) is 123 cm³/mol. The minimum atomic E-state index is 0.725. The van der Waals surface area contributed by atoms with E-state index in [1.807, 2.05) is 30.5 Å². The summed E-state index contributed by atoms with van der Waals surface area (Å²) in [5, 5.41) is 0. The third-order valence-electron chi connectivity index (χ3n) is 5.17. The molecule has 146 valence electrons. The van der Waals surface area contributed by atoms with Crippen molar-refractivity contribution in [3.05, 3.63) is 90.0 Å². The number of aromatic nitrogens is 2. The fourth-order valence-corrected chi connectivity index (χ4v) is 3.58. The van der Waals surface area contributed by atoms with Crippen molar-refractivity contribution < 1.29 is 0 Å². The SMILES string of the molecule is CCN(CC)c1ccc(/C=N/c2nc3ccccc3n2Cc2ccccc2)cc1. The van der Waals surface area contributed by atoms with Gasteiger partial charge in [0.1, 0.15) is 0 Å². The highest BCUT2D eigenvalue weighted by atomic mass is 15.2. The Morgan fingerprint density at radius 2 is 1.55 bits per heavy atom. The van der Waals surface area contributed by atoms with Gasteiger partial charge in [-0.1, -0.05) is 54.6 Å². The number of aliphatic imine (C=N–C) groups is 1. The molecule has 4 nitrogen and oxygen atoms in total. The zero-order valence-corrected chi connectivity index (χ0v) is 17.0. The minimum absolute atomic E-state index is 0.725. The van der Waals surface area contributed by atoms with Crippen LogP contribution in [0.15, 0.2) is 83.9 Å². The third kappa shape index (κ3) is 4.21. The van der Waals surface area contributed by atoms with Gasteiger partial charge in [-0.05, 0) is 49.2 Å². The number of hydrogen-bond donors (Lipinski definition) is 0. The molecule has 0 bridgehead atoms. The van der Waals surface area contributed by atoms with E-state index in [1.54, 1.807) is 0 Å². The highest BCUT2D eigenvalue weighted by Crippen LogP contribution is 2.23. The van der Waals surface area contributed by atoms with E-state index < -0.39 is 0 Å². The van der Waals surface area contributed by atoms with Crippen LogP contribution in [0.2, 0.25) is 0 Å². The normalized spacial score (nSPS) is 11.4. The Labute approximate surface area is 172 Å². The van der Waals surface area contributed by atoms with E-state index in [1.165, 1.54) is 11.3 Å². The zero-order valence-electron chi connectivity index (χ0n) is 17.0. The van der Waals surface area contributed by atoms with Gasteiger partial charge in [0.05, 0.1) is 17.6 Å². The van der Waals surface area contributed by atoms with Crippen LogP contribution in [0.1, 0.15) is 25.0 Å². The van der Waals surface area contributed by atoms with Crippen molar-refractivity contribution in [2.24, 2.45) is 4.99 Å². The molecule has 4 rings (SSSR count). The van der Waals surface area contributed by atoms with Crippen molar-refractivity contribution in [1.82, 2.24) is 9.55 Å². The van der Waals surface area contributed by atoms with Crippen LogP contribution < -0.4 is 4.90 Å². The molecule has 4 heteroatoms. The van der Waals surface area contributed by atoms with Gasteiger partial charge >= 0.3 is 0 Å². The third-order valence-corrected chi connectivity index (χ3v) is 5.17. The maximum absolute atomic E-state index is 4.75. The Morgan fingerprint density at radius 3 is 2.28 bits per heavy atom. The minimum Gasteiger partial charge on any atom is -0.372 e. The van der Waals surface area contributed by atoms with Crippen molar-refractivity contribution in [2.75, 3.05) is 18.0 Å². The molecule has 0 aliphatic heterocycles. The van der Waals surface area contributed by atoms with E-state index in [0.29, 0.717) is 0 Å². The van der Waals surface area contributed by atoms with Crippen LogP contribution in [0.25, 0.3) is 11.0 Å². The molecule has 0 atom stereocenters. The van der Waals surface area contributed by atoms with Gasteiger partial charge in [0.25, 0.3) is 0 Å². The Balaban J connectivity index is 1.64. The fraction of sp³-hybridized carbons (Fsp3) is 0.200. The lowest BCUT2D eigenvalue weighted by Gasteiger charge is -2.20. The maximum atomic E-state index is 4.75. The molecule has 1 heterocycles. The van der Waals surface area contributed by atoms with Crippen LogP contribution in [0.3, 0.4) is 0 Å². The van der Waals surface area contributed by atoms with Gasteiger partial charge in [-0.15, -0.1) is 0 Å². The van der Waals surface area contributed by atoms with E-state index in [9.17, 15) is 0 Å². The predicted octanol–water partition coefficient (Wildman–Crippen LogP) is 5.68. The summed E-state index contributed by atoms with van der Waals surface area (Å²) in [5.41, 5.74) is 5.60. The number of rotatable bonds is 7. The Bertz CT molecular complexity index is 1090. The summed E-state index contributed by atoms with van der Waals surface area (Å²) < 4.78 is 2.17. The van der Waals surface area contributed by atoms with Crippen molar-refractivity contribution in [2.45, 2.75) is 20.4 Å². The fourth-order valence-electron chi connectivity index (χ4n) is 3.58. The van der Waals surface area contributed by atoms with Gasteiger partial charge in [-0.3, -0.25) is 0 Å². The molecule has 0 aliphatic rings. The Kier molecular flexibility index (Phi) is 5.71. The Morgan fingerprint density at radius 1 is 0.862 bits per heavy atom. The van der Waals surface area contributed by atoms with Crippen LogP contribution in [-0.2, 0) is 6.54 Å². The summed E-state index contributed by atoms with van der Waals surface area (Å²) >= 11 is 0. The maximum Gasteiger partial charge on any atom is 0.230 e. The van der Waals surface area contributed by atoms with Gasteiger partial charge in [-0.2, -0.15) is 0 Å². The molecule has 0 radical (unpaired) electrons. The van der Waals surface area contributed by atoms with E-state index in [0.717, 1.165) is 42.2 Å². The number of anilines is 1. The van der Waals surface area contributed by atoms with E-state index in [2.05, 4.69) is 77.9 Å². The molecule has 0 aliphatic carbocycles. The van der Waals surface area contributed by atoms with Gasteiger partial charge in [0.15, 0.2) is 0 Å². The van der Waals surface area contributed by atoms with E-state index >= 15 is 0 Å². The number of nitrogens with zero attached hydrogens (tertiary/aromatic N) is 4. The first-order valence-corrected chi connectivity index (χ1v) is 10.2. The highest BCUT2D eigenvalue weighted by Gasteiger charge is 2.10. The van der Waals surface area contributed by atoms with Crippen molar-refractivity contribution in [3.8, 4) is 0 Å². The van der Waals surface area contributed by atoms with Crippen LogP contribution in [0, 0.1) is 0 Å². The smallest absolute Gasteiger partial charge is 0.230 e. The number of para-hydroxylation sites is 2. The first-order valence-electron chi connectivity index (χ1n) is 10.2. The molecule has 0 N–H and O–H groups in total. The lowest BCUT2D eigenvalue weighted by molar-refractivity contribution is 0.827. The van der Waals surface area contributed by atoms with Gasteiger partial charge in [0.2, 0.25) is 5.95 Å². The summed E-state index contributed by atoms with van der Waals surface area (Å²) in [6.45, 7) is 7.11. The molecule has 0 unspecified atom stereocenters. The summed E-state index contributed by atoms with van der Waals surface area (Å²) in [6.07, 6.45) is 1.90. The first kappa shape index (κ1) is 18.9. The van der Waals surface area contributed by atoms with Crippen LogP contribution >= 0.6 is 0 Å². The largest absolute Gasteiger partial charge is 0.372 e. The Hall–Kier alpha value is -3.40. The van der Waals surface area contributed by atoms with Gasteiger partial charge in [0, 0.05) is 25.0 Å². The second-order valence-corrected chi connectivity index (χ2v) is 6.99. The lowest BCUT2D eigenvalue weighted by Crippen LogP contribution is -2.21. The average molecular weight is 383 g/mol. The molecule has 29 heavy (non-hydrogen) atoms. The second-order valence-electron chi connectivity index (χ2n) is 6.99. The molecule has 0 saturated heterocycles. The molecule has 0 spiro atoms. The van der Waals surface area contributed by atoms with E-state index in [4.69, 9.17) is 9.98 Å². The molecule has 0 amide bonds. The molecule has 0 fully saturated rings. The van der Waals surface area contributed by atoms with Gasteiger partial charge in [-0.25, -0.2) is 9.98 Å². The average Bonchev–Trinajstić information content (AvgIpc) is 3.12. The molecule has 1 aromatic heterocycles. The van der Waals surface area contributed by atoms with Crippen LogP contribution in [0.4, 0.5) is 11.6 Å². The number of fused-ring (bicyclic) bond motifs is 1. The number of benzene rings is 3. The van der Waals surface area contributed by atoms with Crippen molar-refractivity contribution >= 4 is 28.9 Å². The lowest BCUT2D eigenvalue weighted by atomic mass is 10.2. The highest BCUT2D eigenvalue weighted by molar-refractivity contribution is 5.84. The monoisotopic (exact) mass is 382 g/mol. The molecule has 0 saturated carbocycles. The standard InChI is InChI=1S/C25H26N4/c1-3-28(4-2)22-16-14-20(15-17-22)18-26-25-27-23-12-8-9-13-24(23)29(25)19-21-10-6-5-7-11-21/h5-18H,3-4,19H2,1-2H3/b26-18+. The van der Waals surface area contributed by atoms with Crippen molar-refractivity contribution in [1.29, 1.82) is 0 Å². The number of imidazole rings is 1. The summed E-state index contributed by atoms with van der Waals surface area (Å²) in [4.78, 5) is 11.8. The van der Waals surface area contributed by atoms with Crippen LogP contribution in [-0.4, -0.2) is 28.9 Å². The second kappa shape index (κ2) is 8.74. The topological polar surface area (TPSA) is 33.4 Å². The zero-order chi connectivity index (χ0) is 20.1. The quantitative estimate of drug-likeness (QED) is 0.385. The van der Waals surface area contributed by atoms with Crippen LogP contribution in [0.5, 0.6) is 0 Å².